The number of halogens is 2. The van der Waals surface area contributed by atoms with Gasteiger partial charge in [0.2, 0.25) is 10.0 Å². The van der Waals surface area contributed by atoms with E-state index in [1.807, 2.05) is 24.3 Å². The first kappa shape index (κ1) is 25.6. The number of fused-ring (bicyclic) bond motifs is 3. The molecule has 0 bridgehead atoms. The number of benzene rings is 3. The van der Waals surface area contributed by atoms with Crippen molar-refractivity contribution in [2.24, 2.45) is 5.14 Å². The molecule has 4 rings (SSSR count). The summed E-state index contributed by atoms with van der Waals surface area (Å²) in [5, 5.41) is 5.24. The van der Waals surface area contributed by atoms with E-state index in [2.05, 4.69) is 0 Å². The highest BCUT2D eigenvalue weighted by Gasteiger charge is 2.31. The van der Waals surface area contributed by atoms with Gasteiger partial charge < -0.3 is 14.2 Å². The fraction of sp³-hybridized carbons (Fsp3) is 0.269. The number of primary sulfonamides is 1. The number of carbonyl (C=O) groups excluding carboxylic acids is 1. The first-order valence-corrected chi connectivity index (χ1v) is 13.0. The van der Waals surface area contributed by atoms with E-state index in [9.17, 15) is 22.0 Å². The van der Waals surface area contributed by atoms with E-state index >= 15 is 0 Å². The highest BCUT2D eigenvalue weighted by atomic mass is 32.2. The summed E-state index contributed by atoms with van der Waals surface area (Å²) in [6, 6.07) is 17.0. The van der Waals surface area contributed by atoms with E-state index in [4.69, 9.17) is 19.3 Å². The van der Waals surface area contributed by atoms with Crippen LogP contribution in [0.5, 0.6) is 11.5 Å². The van der Waals surface area contributed by atoms with Crippen molar-refractivity contribution in [3.63, 3.8) is 0 Å². The Morgan fingerprint density at radius 3 is 2.58 bits per heavy atom. The molecule has 0 aromatic heterocycles. The second-order valence-electron chi connectivity index (χ2n) is 8.28. The van der Waals surface area contributed by atoms with Crippen LogP contribution in [0.2, 0.25) is 0 Å². The van der Waals surface area contributed by atoms with Gasteiger partial charge in [0.1, 0.15) is 17.6 Å². The Balaban J connectivity index is 1.78. The van der Waals surface area contributed by atoms with Gasteiger partial charge in [-0.2, -0.15) is 8.78 Å². The Hall–Kier alpha value is -3.50. The van der Waals surface area contributed by atoms with E-state index in [1.165, 1.54) is 6.07 Å². The van der Waals surface area contributed by atoms with Gasteiger partial charge in [-0.25, -0.2) is 13.6 Å². The van der Waals surface area contributed by atoms with E-state index in [0.717, 1.165) is 11.1 Å². The molecule has 1 aliphatic rings. The minimum atomic E-state index is -3.81. The van der Waals surface area contributed by atoms with Crippen LogP contribution in [-0.4, -0.2) is 27.6 Å². The molecule has 1 atom stereocenters. The maximum absolute atomic E-state index is 13.1. The van der Waals surface area contributed by atoms with Crippen LogP contribution < -0.4 is 14.6 Å². The molecule has 1 aliphatic heterocycles. The molecule has 10 heteroatoms. The Kier molecular flexibility index (Phi) is 7.56. The lowest BCUT2D eigenvalue weighted by molar-refractivity contribution is -0.143. The number of carbonyl (C=O) groups is 1. The van der Waals surface area contributed by atoms with E-state index in [-0.39, 0.29) is 18.1 Å². The van der Waals surface area contributed by atoms with Gasteiger partial charge in [-0.05, 0) is 47.7 Å². The second kappa shape index (κ2) is 10.6. The van der Waals surface area contributed by atoms with Crippen molar-refractivity contribution in [1.82, 2.24) is 0 Å². The van der Waals surface area contributed by atoms with Crippen molar-refractivity contribution < 1.29 is 36.2 Å². The van der Waals surface area contributed by atoms with E-state index in [1.54, 1.807) is 37.3 Å². The van der Waals surface area contributed by atoms with Crippen molar-refractivity contribution >= 4 is 16.0 Å². The van der Waals surface area contributed by atoms with Crippen LogP contribution in [0.4, 0.5) is 8.78 Å². The molecular weight excluding hydrogens is 492 g/mol. The lowest BCUT2D eigenvalue weighted by Crippen LogP contribution is -2.19. The Labute approximate surface area is 207 Å². The number of nitrogens with two attached hydrogens (primary N) is 1. The third-order valence-corrected chi connectivity index (χ3v) is 6.40. The van der Waals surface area contributed by atoms with Crippen molar-refractivity contribution in [2.45, 2.75) is 38.2 Å². The van der Waals surface area contributed by atoms with Crippen molar-refractivity contribution in [3.8, 4) is 22.6 Å². The standard InChI is InChI=1S/C26H25F2NO6S/c1-2-33-23(30)12-10-16-5-3-6-18(13-16)25-20-14-17(15-36(29,31)32)9-11-19(20)24-21(34-25)7-4-8-22(24)35-26(27)28/h3-9,11,13-14,25-26H,2,10,12,15H2,1H3,(H2,29,31,32). The van der Waals surface area contributed by atoms with Crippen LogP contribution in [0, 0.1) is 0 Å². The number of esters is 1. The van der Waals surface area contributed by atoms with Gasteiger partial charge in [0.25, 0.3) is 0 Å². The molecule has 0 radical (unpaired) electrons. The first-order chi connectivity index (χ1) is 17.1. The summed E-state index contributed by atoms with van der Waals surface area (Å²) < 4.78 is 65.7. The molecule has 2 N–H and O–H groups in total. The van der Waals surface area contributed by atoms with Crippen LogP contribution in [0.15, 0.2) is 60.7 Å². The van der Waals surface area contributed by atoms with Gasteiger partial charge in [-0.1, -0.05) is 48.5 Å². The quantitative estimate of drug-likeness (QED) is 0.412. The van der Waals surface area contributed by atoms with E-state index in [0.29, 0.717) is 41.0 Å². The molecule has 1 unspecified atom stereocenters. The molecule has 0 saturated carbocycles. The number of hydrogen-bond donors (Lipinski definition) is 1. The third kappa shape index (κ3) is 6.00. The summed E-state index contributed by atoms with van der Waals surface area (Å²) >= 11 is 0. The summed E-state index contributed by atoms with van der Waals surface area (Å²) in [6.07, 6.45) is 0.00714. The summed E-state index contributed by atoms with van der Waals surface area (Å²) in [5.41, 5.74) is 3.57. The predicted octanol–water partition coefficient (Wildman–Crippen LogP) is 4.72. The van der Waals surface area contributed by atoms with Gasteiger partial charge in [-0.3, -0.25) is 4.79 Å². The predicted molar refractivity (Wildman–Crippen MR) is 129 cm³/mol. The molecule has 190 valence electrons. The Morgan fingerprint density at radius 1 is 1.08 bits per heavy atom. The number of rotatable bonds is 9. The normalized spacial score (nSPS) is 14.5. The summed E-state index contributed by atoms with van der Waals surface area (Å²) in [6.45, 7) is -0.977. The van der Waals surface area contributed by atoms with Crippen LogP contribution in [-0.2, 0) is 31.7 Å². The van der Waals surface area contributed by atoms with Crippen molar-refractivity contribution in [2.75, 3.05) is 6.61 Å². The van der Waals surface area contributed by atoms with Gasteiger partial charge in [0.15, 0.2) is 0 Å². The average molecular weight is 518 g/mol. The molecule has 0 aliphatic carbocycles. The smallest absolute Gasteiger partial charge is 0.387 e. The Morgan fingerprint density at radius 2 is 1.86 bits per heavy atom. The zero-order chi connectivity index (χ0) is 25.9. The number of aryl methyl sites for hydroxylation is 1. The fourth-order valence-corrected chi connectivity index (χ4v) is 4.92. The SMILES string of the molecule is CCOC(=O)CCc1cccc(C2Oc3cccc(OC(F)F)c3-c3ccc(CS(N)(=O)=O)cc32)c1. The summed E-state index contributed by atoms with van der Waals surface area (Å²) in [7, 11) is -3.81. The van der Waals surface area contributed by atoms with Gasteiger partial charge in [0, 0.05) is 12.0 Å². The van der Waals surface area contributed by atoms with Crippen LogP contribution in [0.3, 0.4) is 0 Å². The van der Waals surface area contributed by atoms with Gasteiger partial charge >= 0.3 is 12.6 Å². The number of alkyl halides is 2. The molecular formula is C26H25F2NO6S. The van der Waals surface area contributed by atoms with Gasteiger partial charge in [-0.15, -0.1) is 0 Å². The summed E-state index contributed by atoms with van der Waals surface area (Å²) in [5.74, 6) is -0.393. The van der Waals surface area contributed by atoms with Crippen LogP contribution in [0.25, 0.3) is 11.1 Å². The molecule has 1 heterocycles. The largest absolute Gasteiger partial charge is 0.480 e. The molecule has 3 aromatic rings. The summed E-state index contributed by atoms with van der Waals surface area (Å²) in [4.78, 5) is 11.8. The highest BCUT2D eigenvalue weighted by Crippen LogP contribution is 2.49. The minimum Gasteiger partial charge on any atom is -0.480 e. The first-order valence-electron chi connectivity index (χ1n) is 11.3. The fourth-order valence-electron chi connectivity index (χ4n) is 4.28. The average Bonchev–Trinajstić information content (AvgIpc) is 2.81. The number of ether oxygens (including phenoxy) is 3. The zero-order valence-corrected chi connectivity index (χ0v) is 20.3. The van der Waals surface area contributed by atoms with Crippen LogP contribution in [0.1, 0.15) is 41.7 Å². The molecule has 0 amide bonds. The molecule has 0 saturated heterocycles. The minimum absolute atomic E-state index is 0.0513. The highest BCUT2D eigenvalue weighted by molar-refractivity contribution is 7.88. The monoisotopic (exact) mass is 517 g/mol. The lowest BCUT2D eigenvalue weighted by Gasteiger charge is -2.31. The lowest BCUT2D eigenvalue weighted by atomic mass is 9.87. The van der Waals surface area contributed by atoms with E-state index < -0.39 is 28.5 Å². The van der Waals surface area contributed by atoms with Gasteiger partial charge in [0.05, 0.1) is 17.9 Å². The number of sulfonamides is 1. The third-order valence-electron chi connectivity index (χ3n) is 5.66. The Bertz CT molecular complexity index is 1380. The number of hydrogen-bond acceptors (Lipinski definition) is 6. The van der Waals surface area contributed by atoms with Crippen molar-refractivity contribution in [1.29, 1.82) is 0 Å². The van der Waals surface area contributed by atoms with Crippen molar-refractivity contribution in [3.05, 3.63) is 82.9 Å². The molecule has 0 fully saturated rings. The molecule has 3 aromatic carbocycles. The zero-order valence-electron chi connectivity index (χ0n) is 19.4. The molecule has 36 heavy (non-hydrogen) atoms. The maximum atomic E-state index is 13.1. The molecule has 7 nitrogen and oxygen atoms in total. The maximum Gasteiger partial charge on any atom is 0.387 e. The topological polar surface area (TPSA) is 105 Å². The van der Waals surface area contributed by atoms with Crippen LogP contribution >= 0.6 is 0 Å². The second-order valence-corrected chi connectivity index (χ2v) is 9.90. The molecule has 0 spiro atoms.